The number of benzene rings is 6. The first kappa shape index (κ1) is 31.9. The van der Waals surface area contributed by atoms with Crippen molar-refractivity contribution in [3.05, 3.63) is 180 Å². The second-order valence-electron chi connectivity index (χ2n) is 13.1. The summed E-state index contributed by atoms with van der Waals surface area (Å²) < 4.78 is 0. The molecule has 0 aliphatic carbocycles. The zero-order valence-electron chi connectivity index (χ0n) is 29.0. The van der Waals surface area contributed by atoms with Crippen molar-refractivity contribution >= 4 is 40.3 Å². The van der Waals surface area contributed by atoms with E-state index in [9.17, 15) is 0 Å². The molecular weight excluding hydrogens is 623 g/mol. The Hall–Kier alpha value is -6.34. The van der Waals surface area contributed by atoms with Gasteiger partial charge in [-0.1, -0.05) is 160 Å². The SMILES string of the molecule is Cc1cc(C)c(B(c2cccc(-c3ncnc(-c4ccccc4)n3)c2)c2cccc(N3CN(c4ccccc4)C(c4ccccc4)=N3)c2)c(C)c1. The summed E-state index contributed by atoms with van der Waals surface area (Å²) in [7, 11) is 0. The van der Waals surface area contributed by atoms with E-state index in [4.69, 9.17) is 10.1 Å². The van der Waals surface area contributed by atoms with Gasteiger partial charge < -0.3 is 4.90 Å². The Morgan fingerprint density at radius 1 is 0.529 bits per heavy atom. The second kappa shape index (κ2) is 13.9. The molecule has 0 saturated carbocycles. The van der Waals surface area contributed by atoms with Crippen LogP contribution in [0.2, 0.25) is 0 Å². The second-order valence-corrected chi connectivity index (χ2v) is 13.1. The predicted molar refractivity (Wildman–Crippen MR) is 212 cm³/mol. The van der Waals surface area contributed by atoms with Crippen molar-refractivity contribution in [3.63, 3.8) is 0 Å². The van der Waals surface area contributed by atoms with Crippen LogP contribution in [0.1, 0.15) is 22.3 Å². The molecule has 51 heavy (non-hydrogen) atoms. The number of anilines is 2. The number of rotatable bonds is 8. The van der Waals surface area contributed by atoms with Crippen LogP contribution in [0, 0.1) is 20.8 Å². The van der Waals surface area contributed by atoms with Crippen molar-refractivity contribution in [3.8, 4) is 22.8 Å². The molecule has 0 amide bonds. The lowest BCUT2D eigenvalue weighted by Gasteiger charge is -2.24. The summed E-state index contributed by atoms with van der Waals surface area (Å²) >= 11 is 0. The van der Waals surface area contributed by atoms with Gasteiger partial charge in [0.2, 0.25) is 6.71 Å². The Labute approximate surface area is 299 Å². The molecule has 0 N–H and O–H groups in total. The maximum absolute atomic E-state index is 5.22. The minimum Gasteiger partial charge on any atom is -0.304 e. The normalized spacial score (nSPS) is 12.6. The average Bonchev–Trinajstić information content (AvgIpc) is 3.63. The van der Waals surface area contributed by atoms with Crippen molar-refractivity contribution in [2.45, 2.75) is 20.8 Å². The quantitative estimate of drug-likeness (QED) is 0.160. The Morgan fingerprint density at radius 3 is 1.76 bits per heavy atom. The highest BCUT2D eigenvalue weighted by Crippen LogP contribution is 2.27. The van der Waals surface area contributed by atoms with Crippen molar-refractivity contribution in [2.24, 2.45) is 5.10 Å². The third-order valence-corrected chi connectivity index (χ3v) is 9.46. The molecule has 0 radical (unpaired) electrons. The van der Waals surface area contributed by atoms with Crippen molar-refractivity contribution in [1.82, 2.24) is 15.0 Å². The monoisotopic (exact) mass is 660 g/mol. The molecule has 0 bridgehead atoms. The molecule has 7 heteroatoms. The zero-order chi connectivity index (χ0) is 34.7. The van der Waals surface area contributed by atoms with E-state index in [1.54, 1.807) is 6.33 Å². The van der Waals surface area contributed by atoms with Gasteiger partial charge in [-0.2, -0.15) is 5.10 Å². The predicted octanol–water partition coefficient (Wildman–Crippen LogP) is 7.29. The third-order valence-electron chi connectivity index (χ3n) is 9.46. The molecule has 1 aliphatic rings. The summed E-state index contributed by atoms with van der Waals surface area (Å²) in [4.78, 5) is 16.2. The Bertz CT molecular complexity index is 2320. The lowest BCUT2D eigenvalue weighted by atomic mass is 9.35. The summed E-state index contributed by atoms with van der Waals surface area (Å²) in [6, 6.07) is 53.0. The number of hydrogen-bond acceptors (Lipinski definition) is 6. The minimum absolute atomic E-state index is 0.0358. The first-order chi connectivity index (χ1) is 25.0. The molecule has 0 spiro atoms. The van der Waals surface area contributed by atoms with E-state index < -0.39 is 0 Å². The fourth-order valence-electron chi connectivity index (χ4n) is 7.21. The number of nitrogens with zero attached hydrogens (tertiary/aromatic N) is 6. The first-order valence-electron chi connectivity index (χ1n) is 17.3. The standard InChI is InChI=1S/C44H37BN6/c1-31-25-32(2)41(33(3)26-31)45(37-20-13-19-36(27-37)43-47-29-46-42(48-43)34-15-7-4-8-16-34)38-21-14-24-40(28-38)51-30-50(39-22-11-6-12-23-39)44(49-51)35-17-9-5-10-18-35/h4-29H,30H2,1-3H3. The molecule has 1 aliphatic heterocycles. The van der Waals surface area contributed by atoms with Gasteiger partial charge in [0.1, 0.15) is 13.0 Å². The van der Waals surface area contributed by atoms with Gasteiger partial charge in [-0.25, -0.2) is 20.0 Å². The number of hydrazone groups is 1. The van der Waals surface area contributed by atoms with Gasteiger partial charge in [0, 0.05) is 22.4 Å². The van der Waals surface area contributed by atoms with Crippen LogP contribution >= 0.6 is 0 Å². The van der Waals surface area contributed by atoms with Crippen molar-refractivity contribution in [1.29, 1.82) is 0 Å². The Kier molecular flexibility index (Phi) is 8.68. The maximum atomic E-state index is 5.22. The molecule has 0 unspecified atom stereocenters. The molecule has 8 rings (SSSR count). The lowest BCUT2D eigenvalue weighted by Crippen LogP contribution is -2.54. The van der Waals surface area contributed by atoms with E-state index in [1.807, 2.05) is 42.5 Å². The highest BCUT2D eigenvalue weighted by atomic mass is 15.6. The fourth-order valence-corrected chi connectivity index (χ4v) is 7.21. The molecule has 7 aromatic rings. The first-order valence-corrected chi connectivity index (χ1v) is 17.3. The highest BCUT2D eigenvalue weighted by Gasteiger charge is 2.29. The molecule has 1 aromatic heterocycles. The third kappa shape index (κ3) is 6.54. The van der Waals surface area contributed by atoms with Crippen LogP contribution in [0.15, 0.2) is 163 Å². The largest absolute Gasteiger partial charge is 0.304 e. The Balaban J connectivity index is 1.22. The summed E-state index contributed by atoms with van der Waals surface area (Å²) in [6.07, 6.45) is 1.60. The summed E-state index contributed by atoms with van der Waals surface area (Å²) in [6.45, 7) is 7.18. The van der Waals surface area contributed by atoms with E-state index in [2.05, 4.69) is 150 Å². The number of amidine groups is 1. The van der Waals surface area contributed by atoms with Crippen LogP contribution in [-0.2, 0) is 0 Å². The summed E-state index contributed by atoms with van der Waals surface area (Å²) in [5.74, 6) is 2.23. The van der Waals surface area contributed by atoms with Gasteiger partial charge in [-0.15, -0.1) is 0 Å². The summed E-state index contributed by atoms with van der Waals surface area (Å²) in [5, 5.41) is 7.33. The van der Waals surface area contributed by atoms with E-state index >= 15 is 0 Å². The zero-order valence-corrected chi connectivity index (χ0v) is 29.0. The Morgan fingerprint density at radius 2 is 1.08 bits per heavy atom. The van der Waals surface area contributed by atoms with E-state index in [1.165, 1.54) is 33.1 Å². The topological polar surface area (TPSA) is 57.5 Å². The van der Waals surface area contributed by atoms with Gasteiger partial charge in [0.05, 0.1) is 5.69 Å². The van der Waals surface area contributed by atoms with Crippen LogP contribution in [-0.4, -0.2) is 34.2 Å². The van der Waals surface area contributed by atoms with Crippen LogP contribution in [0.3, 0.4) is 0 Å². The van der Waals surface area contributed by atoms with E-state index in [0.717, 1.165) is 33.9 Å². The molecule has 0 atom stereocenters. The number of aryl methyl sites for hydroxylation is 3. The molecular formula is C44H37BN6. The minimum atomic E-state index is -0.0358. The van der Waals surface area contributed by atoms with Crippen molar-refractivity contribution < 1.29 is 0 Å². The molecule has 246 valence electrons. The van der Waals surface area contributed by atoms with Gasteiger partial charge in [0.15, 0.2) is 17.5 Å². The summed E-state index contributed by atoms with van der Waals surface area (Å²) in [5.41, 5.74) is 12.6. The lowest BCUT2D eigenvalue weighted by molar-refractivity contribution is 0.913. The van der Waals surface area contributed by atoms with Crippen LogP contribution in [0.5, 0.6) is 0 Å². The van der Waals surface area contributed by atoms with Gasteiger partial charge >= 0.3 is 0 Å². The highest BCUT2D eigenvalue weighted by molar-refractivity contribution is 6.96. The average molecular weight is 661 g/mol. The molecule has 6 aromatic carbocycles. The molecule has 2 heterocycles. The molecule has 0 fully saturated rings. The number of aromatic nitrogens is 3. The van der Waals surface area contributed by atoms with Crippen LogP contribution in [0.4, 0.5) is 11.4 Å². The smallest absolute Gasteiger partial charge is 0.242 e. The number of para-hydroxylation sites is 1. The van der Waals surface area contributed by atoms with Crippen molar-refractivity contribution in [2.75, 3.05) is 16.6 Å². The van der Waals surface area contributed by atoms with E-state index in [0.29, 0.717) is 18.3 Å². The van der Waals surface area contributed by atoms with E-state index in [-0.39, 0.29) is 6.71 Å². The van der Waals surface area contributed by atoms with Crippen LogP contribution in [0.25, 0.3) is 22.8 Å². The van der Waals surface area contributed by atoms with Gasteiger partial charge in [-0.05, 0) is 45.0 Å². The number of hydrogen-bond donors (Lipinski definition) is 0. The van der Waals surface area contributed by atoms with Gasteiger partial charge in [-0.3, -0.25) is 0 Å². The molecule has 6 nitrogen and oxygen atoms in total. The van der Waals surface area contributed by atoms with Crippen LogP contribution < -0.4 is 26.3 Å². The molecule has 0 saturated heterocycles. The maximum Gasteiger partial charge on any atom is 0.242 e. The fraction of sp³-hybridized carbons (Fsp3) is 0.0909. The van der Waals surface area contributed by atoms with Gasteiger partial charge in [0.25, 0.3) is 0 Å².